The van der Waals surface area contributed by atoms with Crippen LogP contribution >= 0.6 is 0 Å². The van der Waals surface area contributed by atoms with E-state index < -0.39 is 30.6 Å². The number of para-hydroxylation sites is 3. The zero-order valence-corrected chi connectivity index (χ0v) is 15.6. The van der Waals surface area contributed by atoms with Gasteiger partial charge in [0.15, 0.2) is 0 Å². The van der Waals surface area contributed by atoms with Crippen LogP contribution in [0, 0.1) is 0 Å². The number of carbonyl (C=O) groups excluding carboxylic acids is 2. The fraction of sp³-hybridized carbons (Fsp3) is 0.176. The number of hydrogen-bond acceptors (Lipinski definition) is 4. The van der Waals surface area contributed by atoms with Crippen LogP contribution in [0.5, 0.6) is 0 Å². The average Bonchev–Trinajstić information content (AvgIpc) is 2.48. The van der Waals surface area contributed by atoms with Crippen LogP contribution in [0.4, 0.5) is 25.8 Å². The number of anilines is 3. The maximum absolute atomic E-state index is 13.4. The van der Waals surface area contributed by atoms with Gasteiger partial charge in [-0.15, -0.1) is 0 Å². The van der Waals surface area contributed by atoms with Crippen molar-refractivity contribution in [3.8, 4) is 0 Å². The predicted octanol–water partition coefficient (Wildman–Crippen LogP) is -0.462. The van der Waals surface area contributed by atoms with Gasteiger partial charge >= 0.3 is 29.6 Å². The number of halogens is 2. The van der Waals surface area contributed by atoms with Crippen molar-refractivity contribution in [3.63, 3.8) is 0 Å². The molecule has 0 bridgehead atoms. The van der Waals surface area contributed by atoms with Crippen LogP contribution in [-0.2, 0) is 9.59 Å². The molecule has 25 heavy (non-hydrogen) atoms. The maximum atomic E-state index is 13.4. The maximum Gasteiger partial charge on any atom is 1.00 e. The summed E-state index contributed by atoms with van der Waals surface area (Å²) >= 11 is 0. The summed E-state index contributed by atoms with van der Waals surface area (Å²) in [6.07, 6.45) is -2.73. The van der Waals surface area contributed by atoms with Crippen molar-refractivity contribution in [1.82, 2.24) is 0 Å². The SMILES string of the molecule is O=C([O-])CC(F)(F)CC(=O)Nc1ccccc1Nc1ccccc1.[Na+]. The Morgan fingerprint density at radius 1 is 0.920 bits per heavy atom. The Hall–Kier alpha value is -1.96. The molecule has 0 unspecified atom stereocenters. The van der Waals surface area contributed by atoms with Crippen LogP contribution in [0.1, 0.15) is 12.8 Å². The summed E-state index contributed by atoms with van der Waals surface area (Å²) in [4.78, 5) is 22.1. The zero-order chi connectivity index (χ0) is 17.6. The van der Waals surface area contributed by atoms with Crippen LogP contribution in [0.2, 0.25) is 0 Å². The minimum atomic E-state index is -3.66. The summed E-state index contributed by atoms with van der Waals surface area (Å²) < 4.78 is 26.8. The molecular formula is C17H15F2N2NaO3. The van der Waals surface area contributed by atoms with Gasteiger partial charge in [-0.1, -0.05) is 30.3 Å². The molecule has 0 atom stereocenters. The van der Waals surface area contributed by atoms with Crippen LogP contribution in [-0.4, -0.2) is 17.8 Å². The molecule has 2 aromatic rings. The molecule has 8 heteroatoms. The number of carboxylic acids is 1. The molecule has 0 aromatic heterocycles. The molecule has 0 heterocycles. The van der Waals surface area contributed by atoms with E-state index in [1.165, 1.54) is 0 Å². The Kier molecular flexibility index (Phi) is 8.02. The third kappa shape index (κ3) is 7.21. The van der Waals surface area contributed by atoms with Gasteiger partial charge in [-0.2, -0.15) is 0 Å². The van der Waals surface area contributed by atoms with E-state index in [4.69, 9.17) is 0 Å². The molecule has 0 spiro atoms. The monoisotopic (exact) mass is 356 g/mol. The minimum Gasteiger partial charge on any atom is -0.550 e. The Bertz CT molecular complexity index is 727. The fourth-order valence-electron chi connectivity index (χ4n) is 2.08. The van der Waals surface area contributed by atoms with Crippen molar-refractivity contribution >= 4 is 28.9 Å². The first-order chi connectivity index (χ1) is 11.4. The van der Waals surface area contributed by atoms with Crippen molar-refractivity contribution in [2.24, 2.45) is 0 Å². The van der Waals surface area contributed by atoms with Gasteiger partial charge in [0.1, 0.15) is 0 Å². The van der Waals surface area contributed by atoms with Crippen LogP contribution < -0.4 is 45.3 Å². The number of amides is 1. The molecule has 0 aliphatic carbocycles. The molecule has 0 radical (unpaired) electrons. The fourth-order valence-corrected chi connectivity index (χ4v) is 2.08. The Labute approximate surface area is 165 Å². The molecule has 0 aliphatic heterocycles. The first-order valence-electron chi connectivity index (χ1n) is 7.14. The molecule has 1 amide bonds. The van der Waals surface area contributed by atoms with Gasteiger partial charge in [-0.3, -0.25) is 4.79 Å². The van der Waals surface area contributed by atoms with Gasteiger partial charge in [0.05, 0.1) is 24.2 Å². The molecule has 2 N–H and O–H groups in total. The number of alkyl halides is 2. The summed E-state index contributed by atoms with van der Waals surface area (Å²) in [7, 11) is 0. The van der Waals surface area contributed by atoms with E-state index in [0.717, 1.165) is 5.69 Å². The molecular weight excluding hydrogens is 341 g/mol. The van der Waals surface area contributed by atoms with E-state index in [1.807, 2.05) is 30.3 Å². The number of carboxylic acid groups (broad SMARTS) is 1. The zero-order valence-electron chi connectivity index (χ0n) is 13.6. The number of rotatable bonds is 7. The van der Waals surface area contributed by atoms with E-state index in [2.05, 4.69) is 10.6 Å². The van der Waals surface area contributed by atoms with Crippen LogP contribution in [0.15, 0.2) is 54.6 Å². The van der Waals surface area contributed by atoms with E-state index in [-0.39, 0.29) is 29.6 Å². The average molecular weight is 356 g/mol. The molecule has 5 nitrogen and oxygen atoms in total. The second kappa shape index (κ2) is 9.50. The van der Waals surface area contributed by atoms with Crippen molar-refractivity contribution < 1.29 is 53.0 Å². The molecule has 0 saturated heterocycles. The van der Waals surface area contributed by atoms with Gasteiger partial charge in [-0.25, -0.2) is 8.78 Å². The van der Waals surface area contributed by atoms with E-state index >= 15 is 0 Å². The topological polar surface area (TPSA) is 81.3 Å². The van der Waals surface area contributed by atoms with Crippen molar-refractivity contribution in [1.29, 1.82) is 0 Å². The van der Waals surface area contributed by atoms with E-state index in [1.54, 1.807) is 24.3 Å². The summed E-state index contributed by atoms with van der Waals surface area (Å²) in [5.74, 6) is -6.55. The summed E-state index contributed by atoms with van der Waals surface area (Å²) in [5, 5.41) is 15.7. The molecule has 0 fully saturated rings. The van der Waals surface area contributed by atoms with E-state index in [0.29, 0.717) is 11.4 Å². The molecule has 0 aliphatic rings. The van der Waals surface area contributed by atoms with Gasteiger partial charge in [0.2, 0.25) is 5.91 Å². The van der Waals surface area contributed by atoms with E-state index in [9.17, 15) is 23.5 Å². The first kappa shape index (κ1) is 21.1. The Balaban J connectivity index is 0.00000312. The number of aliphatic carboxylic acids is 1. The number of nitrogens with one attached hydrogen (secondary N) is 2. The minimum absolute atomic E-state index is 0. The largest absolute Gasteiger partial charge is 1.00 e. The summed E-state index contributed by atoms with van der Waals surface area (Å²) in [6, 6.07) is 15.7. The number of hydrogen-bond donors (Lipinski definition) is 2. The van der Waals surface area contributed by atoms with Gasteiger partial charge in [-0.05, 0) is 24.3 Å². The standard InChI is InChI=1S/C17H16F2N2O3.Na/c18-17(19,11-16(23)24)10-15(22)21-14-9-5-4-8-13(14)20-12-6-2-1-3-7-12;/h1-9,20H,10-11H2,(H,21,22)(H,23,24);/q;+1/p-1. The van der Waals surface area contributed by atoms with Gasteiger partial charge in [0, 0.05) is 11.7 Å². The molecule has 126 valence electrons. The van der Waals surface area contributed by atoms with Gasteiger partial charge < -0.3 is 20.5 Å². The first-order valence-corrected chi connectivity index (χ1v) is 7.14. The van der Waals surface area contributed by atoms with Gasteiger partial charge in [0.25, 0.3) is 5.92 Å². The predicted molar refractivity (Wildman–Crippen MR) is 84.0 cm³/mol. The normalized spacial score (nSPS) is 10.5. The summed E-state index contributed by atoms with van der Waals surface area (Å²) in [5.41, 5.74) is 1.61. The quantitative estimate of drug-likeness (QED) is 0.658. The molecule has 2 rings (SSSR count). The van der Waals surface area contributed by atoms with Crippen LogP contribution in [0.3, 0.4) is 0 Å². The third-order valence-electron chi connectivity index (χ3n) is 3.08. The summed E-state index contributed by atoms with van der Waals surface area (Å²) in [6.45, 7) is 0. The molecule has 0 saturated carbocycles. The number of benzene rings is 2. The second-order valence-electron chi connectivity index (χ2n) is 5.17. The van der Waals surface area contributed by atoms with Crippen molar-refractivity contribution in [2.45, 2.75) is 18.8 Å². The third-order valence-corrected chi connectivity index (χ3v) is 3.08. The smallest absolute Gasteiger partial charge is 0.550 e. The van der Waals surface area contributed by atoms with Crippen molar-refractivity contribution in [2.75, 3.05) is 10.6 Å². The molecule has 2 aromatic carbocycles. The van der Waals surface area contributed by atoms with Crippen molar-refractivity contribution in [3.05, 3.63) is 54.6 Å². The van der Waals surface area contributed by atoms with Crippen LogP contribution in [0.25, 0.3) is 0 Å². The Morgan fingerprint density at radius 3 is 2.08 bits per heavy atom. The Morgan fingerprint density at radius 2 is 1.48 bits per heavy atom. The second-order valence-corrected chi connectivity index (χ2v) is 5.17. The number of carbonyl (C=O) groups is 2.